The maximum atomic E-state index is 6.21. The highest BCUT2D eigenvalue weighted by Crippen LogP contribution is 2.25. The number of hydrogen-bond acceptors (Lipinski definition) is 4. The molecule has 0 aliphatic carbocycles. The van der Waals surface area contributed by atoms with Crippen LogP contribution >= 0.6 is 0 Å². The van der Waals surface area contributed by atoms with Gasteiger partial charge in [-0.2, -0.15) is 0 Å². The van der Waals surface area contributed by atoms with Gasteiger partial charge in [-0.15, -0.1) is 0 Å². The second-order valence-corrected chi connectivity index (χ2v) is 7.30. The largest absolute Gasteiger partial charge is 0.419 e. The molecule has 155 valence electrons. The van der Waals surface area contributed by atoms with E-state index in [2.05, 4.69) is 31.3 Å². The fourth-order valence-electron chi connectivity index (χ4n) is 2.77. The molecule has 0 saturated heterocycles. The summed E-state index contributed by atoms with van der Waals surface area (Å²) in [5.74, 6) is -0.857. The van der Waals surface area contributed by atoms with Gasteiger partial charge >= 0.3 is 0 Å². The van der Waals surface area contributed by atoms with Crippen molar-refractivity contribution < 1.29 is 18.6 Å². The molecule has 0 amide bonds. The minimum absolute atomic E-state index is 0.708. The summed E-state index contributed by atoms with van der Waals surface area (Å²) in [4.78, 5) is 0. The van der Waals surface area contributed by atoms with Gasteiger partial charge in [0.2, 0.25) is 10.5 Å². The van der Waals surface area contributed by atoms with E-state index in [-0.39, 0.29) is 0 Å². The fraction of sp³-hybridized carbons (Fsp3) is 1.00. The van der Waals surface area contributed by atoms with Crippen molar-refractivity contribution in [3.63, 3.8) is 0 Å². The van der Waals surface area contributed by atoms with E-state index in [9.17, 15) is 0 Å². The molecule has 5 heteroatoms. The van der Waals surface area contributed by atoms with Crippen molar-refractivity contribution in [2.45, 2.75) is 110 Å². The Morgan fingerprint density at radius 2 is 0.962 bits per heavy atom. The third kappa shape index (κ3) is 15.1. The Labute approximate surface area is 166 Å². The standard InChI is InChI=1S/C21H43O4Si/c1-4-7-12-17-22-21(23-18-13-8-5-2,24-19-14-9-6-3)16-11-10-15-20-25-26/h4-20H2,1-3H3. The molecule has 0 aromatic heterocycles. The third-order valence-electron chi connectivity index (χ3n) is 4.44. The van der Waals surface area contributed by atoms with Gasteiger partial charge in [0.15, 0.2) is 0 Å². The Morgan fingerprint density at radius 3 is 1.35 bits per heavy atom. The predicted molar refractivity (Wildman–Crippen MR) is 109 cm³/mol. The normalized spacial score (nSPS) is 12.0. The third-order valence-corrected chi connectivity index (χ3v) is 4.64. The average Bonchev–Trinajstić information content (AvgIpc) is 2.65. The Balaban J connectivity index is 4.63. The monoisotopic (exact) mass is 387 g/mol. The van der Waals surface area contributed by atoms with Crippen molar-refractivity contribution >= 4 is 10.5 Å². The van der Waals surface area contributed by atoms with E-state index < -0.39 is 5.97 Å². The molecule has 0 bridgehead atoms. The summed E-state index contributed by atoms with van der Waals surface area (Å²) in [5, 5.41) is 0. The number of ether oxygens (including phenoxy) is 3. The summed E-state index contributed by atoms with van der Waals surface area (Å²) in [6.07, 6.45) is 14.2. The highest BCUT2D eigenvalue weighted by Gasteiger charge is 2.32. The van der Waals surface area contributed by atoms with Crippen LogP contribution in [0.15, 0.2) is 0 Å². The van der Waals surface area contributed by atoms with E-state index in [1.54, 1.807) is 0 Å². The van der Waals surface area contributed by atoms with Crippen LogP contribution in [0.3, 0.4) is 0 Å². The highest BCUT2D eigenvalue weighted by atomic mass is 28.2. The number of unbranched alkanes of at least 4 members (excludes halogenated alkanes) is 8. The summed E-state index contributed by atoms with van der Waals surface area (Å²) < 4.78 is 23.6. The van der Waals surface area contributed by atoms with Crippen LogP contribution in [0, 0.1) is 0 Å². The summed E-state index contributed by atoms with van der Waals surface area (Å²) in [6, 6.07) is 0. The van der Waals surface area contributed by atoms with E-state index in [4.69, 9.17) is 18.6 Å². The van der Waals surface area contributed by atoms with Crippen LogP contribution in [-0.2, 0) is 18.6 Å². The van der Waals surface area contributed by atoms with Gasteiger partial charge in [-0.25, -0.2) is 0 Å². The van der Waals surface area contributed by atoms with Crippen LogP contribution < -0.4 is 0 Å². The molecule has 0 aliphatic rings. The lowest BCUT2D eigenvalue weighted by molar-refractivity contribution is -0.384. The molecule has 3 radical (unpaired) electrons. The predicted octanol–water partition coefficient (Wildman–Crippen LogP) is 5.92. The molecule has 0 aromatic carbocycles. The lowest BCUT2D eigenvalue weighted by Crippen LogP contribution is -2.40. The smallest absolute Gasteiger partial charge is 0.282 e. The Kier molecular flexibility index (Phi) is 19.9. The summed E-state index contributed by atoms with van der Waals surface area (Å²) in [6.45, 7) is 9.49. The molecule has 0 aromatic rings. The maximum Gasteiger partial charge on any atom is 0.282 e. The first kappa shape index (κ1) is 26.1. The first-order chi connectivity index (χ1) is 12.7. The van der Waals surface area contributed by atoms with Crippen LogP contribution in [-0.4, -0.2) is 42.9 Å². The lowest BCUT2D eigenvalue weighted by atomic mass is 10.1. The van der Waals surface area contributed by atoms with Crippen molar-refractivity contribution in [2.75, 3.05) is 26.4 Å². The molecule has 0 N–H and O–H groups in total. The van der Waals surface area contributed by atoms with Crippen LogP contribution in [0.5, 0.6) is 0 Å². The molecule has 0 atom stereocenters. The molecule has 26 heavy (non-hydrogen) atoms. The molecule has 0 fully saturated rings. The second kappa shape index (κ2) is 19.8. The fourth-order valence-corrected chi connectivity index (χ4v) is 2.92. The summed E-state index contributed by atoms with van der Waals surface area (Å²) in [7, 11) is 3.06. The van der Waals surface area contributed by atoms with E-state index in [0.717, 1.165) is 51.6 Å². The number of hydrogen-bond donors (Lipinski definition) is 0. The van der Waals surface area contributed by atoms with Crippen LogP contribution in [0.4, 0.5) is 0 Å². The zero-order valence-corrected chi connectivity index (χ0v) is 18.7. The van der Waals surface area contributed by atoms with Crippen LogP contribution in [0.2, 0.25) is 0 Å². The molecule has 0 rings (SSSR count). The Bertz CT molecular complexity index is 245. The van der Waals surface area contributed by atoms with Gasteiger partial charge in [0.1, 0.15) is 0 Å². The van der Waals surface area contributed by atoms with Crippen molar-refractivity contribution in [2.24, 2.45) is 0 Å². The van der Waals surface area contributed by atoms with E-state index in [0.29, 0.717) is 19.8 Å². The van der Waals surface area contributed by atoms with E-state index in [1.807, 2.05) is 0 Å². The Hall–Kier alpha value is 0.0569. The second-order valence-electron chi connectivity index (χ2n) is 7.01. The maximum absolute atomic E-state index is 6.21. The average molecular weight is 388 g/mol. The highest BCUT2D eigenvalue weighted by molar-refractivity contribution is 5.97. The topological polar surface area (TPSA) is 36.9 Å². The van der Waals surface area contributed by atoms with Crippen LogP contribution in [0.25, 0.3) is 0 Å². The first-order valence-electron chi connectivity index (χ1n) is 10.9. The number of rotatable bonds is 21. The van der Waals surface area contributed by atoms with E-state index >= 15 is 0 Å². The lowest BCUT2D eigenvalue weighted by Gasteiger charge is -2.34. The summed E-state index contributed by atoms with van der Waals surface area (Å²) >= 11 is 0. The minimum Gasteiger partial charge on any atom is -0.419 e. The van der Waals surface area contributed by atoms with Gasteiger partial charge in [0, 0.05) is 13.0 Å². The summed E-state index contributed by atoms with van der Waals surface area (Å²) in [5.41, 5.74) is 0. The van der Waals surface area contributed by atoms with Gasteiger partial charge in [0.25, 0.3) is 5.97 Å². The zero-order chi connectivity index (χ0) is 19.3. The van der Waals surface area contributed by atoms with Crippen molar-refractivity contribution in [1.82, 2.24) is 0 Å². The van der Waals surface area contributed by atoms with Gasteiger partial charge in [0.05, 0.1) is 19.8 Å². The zero-order valence-electron chi connectivity index (χ0n) is 17.7. The molecular formula is C21H43O4Si. The molecule has 0 spiro atoms. The van der Waals surface area contributed by atoms with Crippen molar-refractivity contribution in [1.29, 1.82) is 0 Å². The molecule has 0 unspecified atom stereocenters. The first-order valence-corrected chi connectivity index (χ1v) is 11.4. The van der Waals surface area contributed by atoms with Gasteiger partial charge in [-0.05, 0) is 32.1 Å². The van der Waals surface area contributed by atoms with Crippen molar-refractivity contribution in [3.05, 3.63) is 0 Å². The van der Waals surface area contributed by atoms with Crippen molar-refractivity contribution in [3.8, 4) is 0 Å². The van der Waals surface area contributed by atoms with Gasteiger partial charge in [-0.3, -0.25) is 0 Å². The van der Waals surface area contributed by atoms with Crippen LogP contribution in [0.1, 0.15) is 104 Å². The quantitative estimate of drug-likeness (QED) is 0.139. The van der Waals surface area contributed by atoms with Gasteiger partial charge < -0.3 is 18.6 Å². The molecular weight excluding hydrogens is 344 g/mol. The minimum atomic E-state index is -0.857. The molecule has 4 nitrogen and oxygen atoms in total. The SMILES string of the molecule is CCCCCOC(CCCCCO[Si])(OCCCCC)OCCCCC. The molecule has 0 heterocycles. The Morgan fingerprint density at radius 1 is 0.538 bits per heavy atom. The van der Waals surface area contributed by atoms with E-state index in [1.165, 1.54) is 38.5 Å². The molecule has 0 saturated carbocycles. The molecule has 0 aliphatic heterocycles. The van der Waals surface area contributed by atoms with Gasteiger partial charge in [-0.1, -0.05) is 65.7 Å².